The normalized spacial score (nSPS) is 23.2. The number of benzene rings is 1. The molecule has 1 aliphatic rings. The zero-order valence-electron chi connectivity index (χ0n) is 12.4. The Morgan fingerprint density at radius 1 is 1.20 bits per heavy atom. The number of amides is 1. The van der Waals surface area contributed by atoms with Crippen LogP contribution in [0.3, 0.4) is 0 Å². The van der Waals surface area contributed by atoms with E-state index in [9.17, 15) is 4.79 Å². The van der Waals surface area contributed by atoms with Crippen LogP contribution in [0.2, 0.25) is 0 Å². The number of hydrogen-bond donors (Lipinski definition) is 1. The van der Waals surface area contributed by atoms with Crippen molar-refractivity contribution < 1.29 is 4.79 Å². The van der Waals surface area contributed by atoms with Crippen molar-refractivity contribution in [2.45, 2.75) is 27.2 Å². The van der Waals surface area contributed by atoms with E-state index in [1.54, 1.807) is 0 Å². The minimum absolute atomic E-state index is 0.136. The Balaban J connectivity index is 1.88. The molecule has 1 aliphatic heterocycles. The van der Waals surface area contributed by atoms with E-state index >= 15 is 0 Å². The highest BCUT2D eigenvalue weighted by Gasteiger charge is 2.26. The van der Waals surface area contributed by atoms with Gasteiger partial charge in [-0.1, -0.05) is 25.5 Å². The van der Waals surface area contributed by atoms with E-state index in [0.29, 0.717) is 17.5 Å². The van der Waals surface area contributed by atoms with E-state index in [-0.39, 0.29) is 5.91 Å². The Hall–Kier alpha value is -1.77. The predicted octanol–water partition coefficient (Wildman–Crippen LogP) is 3.59. The van der Waals surface area contributed by atoms with Crippen LogP contribution >= 0.6 is 0 Å². The Morgan fingerprint density at radius 2 is 1.90 bits per heavy atom. The maximum atomic E-state index is 12.6. The number of likely N-dealkylation sites (tertiary alicyclic amines) is 1. The first-order valence-electron chi connectivity index (χ1n) is 7.41. The lowest BCUT2D eigenvalue weighted by Gasteiger charge is -2.34. The quantitative estimate of drug-likeness (QED) is 0.844. The van der Waals surface area contributed by atoms with E-state index in [1.807, 2.05) is 17.0 Å². The topological polar surface area (TPSA) is 36.1 Å². The summed E-state index contributed by atoms with van der Waals surface area (Å²) in [6, 6.07) is 8.21. The highest BCUT2D eigenvalue weighted by atomic mass is 16.2. The summed E-state index contributed by atoms with van der Waals surface area (Å²) in [5, 5.41) is 1.12. The fourth-order valence-corrected chi connectivity index (χ4v) is 3.37. The van der Waals surface area contributed by atoms with Crippen LogP contribution in [0.5, 0.6) is 0 Å². The number of aryl methyl sites for hydroxylation is 1. The third kappa shape index (κ3) is 2.45. The summed E-state index contributed by atoms with van der Waals surface area (Å²) in [6.07, 6.45) is 1.22. The number of aromatic nitrogens is 1. The van der Waals surface area contributed by atoms with Crippen molar-refractivity contribution >= 4 is 16.8 Å². The molecule has 0 aliphatic carbocycles. The third-order valence-electron chi connectivity index (χ3n) is 4.16. The van der Waals surface area contributed by atoms with Crippen molar-refractivity contribution in [2.24, 2.45) is 11.8 Å². The maximum absolute atomic E-state index is 12.6. The zero-order chi connectivity index (χ0) is 14.3. The number of fused-ring (bicyclic) bond motifs is 1. The minimum Gasteiger partial charge on any atom is -0.351 e. The van der Waals surface area contributed by atoms with Crippen molar-refractivity contribution in [3.8, 4) is 0 Å². The molecule has 0 unspecified atom stereocenters. The largest absolute Gasteiger partial charge is 0.351 e. The molecule has 1 amide bonds. The van der Waals surface area contributed by atoms with E-state index in [0.717, 1.165) is 24.0 Å². The summed E-state index contributed by atoms with van der Waals surface area (Å²) in [7, 11) is 0. The highest BCUT2D eigenvalue weighted by molar-refractivity contribution is 5.98. The van der Waals surface area contributed by atoms with Crippen molar-refractivity contribution in [1.29, 1.82) is 0 Å². The minimum atomic E-state index is 0.136. The molecule has 2 aromatic rings. The number of H-pyrrole nitrogens is 1. The van der Waals surface area contributed by atoms with Gasteiger partial charge in [-0.2, -0.15) is 0 Å². The molecule has 0 saturated carbocycles. The molecule has 1 fully saturated rings. The SMILES string of the molecule is Cc1ccc2[nH]c(C(=O)N3C[C@H](C)C[C@H](C)C3)cc2c1. The number of carbonyl (C=O) groups excluding carboxylic acids is 1. The average molecular weight is 270 g/mol. The van der Waals surface area contributed by atoms with Crippen molar-refractivity contribution in [1.82, 2.24) is 9.88 Å². The van der Waals surface area contributed by atoms with Gasteiger partial charge < -0.3 is 9.88 Å². The number of aromatic amines is 1. The Bertz CT molecular complexity index is 633. The number of carbonyl (C=O) groups is 1. The van der Waals surface area contributed by atoms with Crippen LogP contribution < -0.4 is 0 Å². The van der Waals surface area contributed by atoms with Crippen molar-refractivity contribution in [2.75, 3.05) is 13.1 Å². The van der Waals surface area contributed by atoms with Gasteiger partial charge in [-0.25, -0.2) is 0 Å². The zero-order valence-corrected chi connectivity index (χ0v) is 12.4. The van der Waals surface area contributed by atoms with Crippen LogP contribution in [0.1, 0.15) is 36.3 Å². The van der Waals surface area contributed by atoms with Gasteiger partial charge in [0, 0.05) is 24.0 Å². The van der Waals surface area contributed by atoms with Gasteiger partial charge in [0.05, 0.1) is 0 Å². The van der Waals surface area contributed by atoms with Crippen LogP contribution in [0.25, 0.3) is 10.9 Å². The molecule has 1 saturated heterocycles. The number of nitrogens with zero attached hydrogens (tertiary/aromatic N) is 1. The number of hydrogen-bond acceptors (Lipinski definition) is 1. The van der Waals surface area contributed by atoms with Crippen LogP contribution in [0.4, 0.5) is 0 Å². The average Bonchev–Trinajstić information content (AvgIpc) is 2.79. The third-order valence-corrected chi connectivity index (χ3v) is 4.16. The molecule has 0 spiro atoms. The van der Waals surface area contributed by atoms with Crippen molar-refractivity contribution in [3.63, 3.8) is 0 Å². The van der Waals surface area contributed by atoms with Gasteiger partial charge in [0.1, 0.15) is 5.69 Å². The molecular weight excluding hydrogens is 248 g/mol. The standard InChI is InChI=1S/C17H22N2O/c1-11-4-5-15-14(7-11)8-16(18-15)17(20)19-9-12(2)6-13(3)10-19/h4-5,7-8,12-13,18H,6,9-10H2,1-3H3/t12-,13+. The molecule has 1 N–H and O–H groups in total. The highest BCUT2D eigenvalue weighted by Crippen LogP contribution is 2.24. The lowest BCUT2D eigenvalue weighted by Crippen LogP contribution is -2.42. The molecule has 106 valence electrons. The van der Waals surface area contributed by atoms with E-state index < -0.39 is 0 Å². The summed E-state index contributed by atoms with van der Waals surface area (Å²) < 4.78 is 0. The fourth-order valence-electron chi connectivity index (χ4n) is 3.37. The molecule has 2 atom stereocenters. The summed E-state index contributed by atoms with van der Waals surface area (Å²) in [5.41, 5.74) is 2.97. The van der Waals surface area contributed by atoms with Crippen LogP contribution in [-0.2, 0) is 0 Å². The molecule has 2 heterocycles. The van der Waals surface area contributed by atoms with E-state index in [2.05, 4.69) is 37.9 Å². The van der Waals surface area contributed by atoms with Gasteiger partial charge in [-0.3, -0.25) is 4.79 Å². The van der Waals surface area contributed by atoms with Gasteiger partial charge in [0.2, 0.25) is 0 Å². The molecule has 3 rings (SSSR count). The summed E-state index contributed by atoms with van der Waals surface area (Å²) in [5.74, 6) is 1.32. The monoisotopic (exact) mass is 270 g/mol. The number of piperidine rings is 1. The second-order valence-corrected chi connectivity index (χ2v) is 6.43. The van der Waals surface area contributed by atoms with Gasteiger partial charge in [0.25, 0.3) is 5.91 Å². The summed E-state index contributed by atoms with van der Waals surface area (Å²) in [6.45, 7) is 8.27. The number of nitrogens with one attached hydrogen (secondary N) is 1. The first-order chi connectivity index (χ1) is 9.52. The first-order valence-corrected chi connectivity index (χ1v) is 7.41. The lowest BCUT2D eigenvalue weighted by molar-refractivity contribution is 0.0618. The van der Waals surface area contributed by atoms with Crippen LogP contribution in [-0.4, -0.2) is 28.9 Å². The maximum Gasteiger partial charge on any atom is 0.270 e. The predicted molar refractivity (Wildman–Crippen MR) is 81.9 cm³/mol. The second-order valence-electron chi connectivity index (χ2n) is 6.43. The molecular formula is C17H22N2O. The fraction of sp³-hybridized carbons (Fsp3) is 0.471. The lowest BCUT2D eigenvalue weighted by atomic mass is 9.92. The molecule has 3 nitrogen and oxygen atoms in total. The Kier molecular flexibility index (Phi) is 3.28. The molecule has 1 aromatic heterocycles. The van der Waals surface area contributed by atoms with E-state index in [4.69, 9.17) is 0 Å². The van der Waals surface area contributed by atoms with Gasteiger partial charge in [-0.05, 0) is 43.4 Å². The molecule has 20 heavy (non-hydrogen) atoms. The second kappa shape index (κ2) is 4.97. The summed E-state index contributed by atoms with van der Waals surface area (Å²) >= 11 is 0. The van der Waals surface area contributed by atoms with Gasteiger partial charge in [0.15, 0.2) is 0 Å². The van der Waals surface area contributed by atoms with E-state index in [1.165, 1.54) is 12.0 Å². The Morgan fingerprint density at radius 3 is 2.60 bits per heavy atom. The Labute approximate surface area is 120 Å². The number of rotatable bonds is 1. The summed E-state index contributed by atoms with van der Waals surface area (Å²) in [4.78, 5) is 17.9. The van der Waals surface area contributed by atoms with Gasteiger partial charge in [-0.15, -0.1) is 0 Å². The molecule has 0 radical (unpaired) electrons. The van der Waals surface area contributed by atoms with Gasteiger partial charge >= 0.3 is 0 Å². The smallest absolute Gasteiger partial charge is 0.270 e. The van der Waals surface area contributed by atoms with Crippen LogP contribution in [0, 0.1) is 18.8 Å². The first kappa shape index (κ1) is 13.2. The molecule has 3 heteroatoms. The van der Waals surface area contributed by atoms with Crippen LogP contribution in [0.15, 0.2) is 24.3 Å². The van der Waals surface area contributed by atoms with Crippen molar-refractivity contribution in [3.05, 3.63) is 35.5 Å². The molecule has 1 aromatic carbocycles. The molecule has 0 bridgehead atoms.